The van der Waals surface area contributed by atoms with E-state index < -0.39 is 0 Å². The Hall–Kier alpha value is -1.81. The molecule has 1 saturated carbocycles. The first-order valence-electron chi connectivity index (χ1n) is 8.27. The third kappa shape index (κ3) is 2.88. The van der Waals surface area contributed by atoms with Crippen LogP contribution in [0.5, 0.6) is 0 Å². The van der Waals surface area contributed by atoms with Gasteiger partial charge < -0.3 is 0 Å². The molecule has 3 heterocycles. The number of aryl methyl sites for hydroxylation is 1. The van der Waals surface area contributed by atoms with Crippen LogP contribution in [0.2, 0.25) is 0 Å². The van der Waals surface area contributed by atoms with Crippen molar-refractivity contribution < 1.29 is 0 Å². The Morgan fingerprint density at radius 3 is 2.82 bits per heavy atom. The average molecular weight is 294 g/mol. The molecule has 1 fully saturated rings. The minimum atomic E-state index is 0.710. The highest BCUT2D eigenvalue weighted by Gasteiger charge is 2.30. The smallest absolute Gasteiger partial charge is 0.115 e. The molecule has 0 saturated heterocycles. The molecule has 4 rings (SSSR count). The van der Waals surface area contributed by atoms with Gasteiger partial charge in [0.25, 0.3) is 0 Å². The van der Waals surface area contributed by atoms with E-state index in [1.807, 2.05) is 0 Å². The van der Waals surface area contributed by atoms with E-state index in [1.165, 1.54) is 35.5 Å². The summed E-state index contributed by atoms with van der Waals surface area (Å²) >= 11 is 0. The van der Waals surface area contributed by atoms with Gasteiger partial charge in [0, 0.05) is 43.4 Å². The Morgan fingerprint density at radius 1 is 1.14 bits per heavy atom. The average Bonchev–Trinajstić information content (AvgIpc) is 3.34. The van der Waals surface area contributed by atoms with Crippen molar-refractivity contribution in [2.24, 2.45) is 0 Å². The minimum Gasteiger partial charge on any atom is -0.297 e. The molecule has 4 nitrogen and oxygen atoms in total. The molecule has 1 aliphatic carbocycles. The molecule has 0 bridgehead atoms. The number of hydrogen-bond acceptors (Lipinski definition) is 4. The van der Waals surface area contributed by atoms with Crippen LogP contribution in [0.15, 0.2) is 24.5 Å². The number of pyridine rings is 1. The highest BCUT2D eigenvalue weighted by Crippen LogP contribution is 2.41. The largest absolute Gasteiger partial charge is 0.297 e. The van der Waals surface area contributed by atoms with Crippen molar-refractivity contribution in [1.29, 1.82) is 0 Å². The standard InChI is InChI=1S/C18H22N4/c1-13-3-2-4-15(21-13)11-22-9-7-16-17(8-10-22)19-12-20-18(16)14-5-6-14/h2-4,12,14H,5-11H2,1H3. The van der Waals surface area contributed by atoms with Gasteiger partial charge in [-0.2, -0.15) is 0 Å². The van der Waals surface area contributed by atoms with E-state index in [9.17, 15) is 0 Å². The van der Waals surface area contributed by atoms with E-state index in [0.29, 0.717) is 5.92 Å². The lowest BCUT2D eigenvalue weighted by Crippen LogP contribution is -2.26. The summed E-state index contributed by atoms with van der Waals surface area (Å²) in [7, 11) is 0. The SMILES string of the molecule is Cc1cccc(CN2CCc3ncnc(C4CC4)c3CC2)n1. The van der Waals surface area contributed by atoms with Crippen molar-refractivity contribution in [3.8, 4) is 0 Å². The zero-order valence-electron chi connectivity index (χ0n) is 13.1. The van der Waals surface area contributed by atoms with Gasteiger partial charge in [-0.15, -0.1) is 0 Å². The van der Waals surface area contributed by atoms with Gasteiger partial charge in [-0.05, 0) is 43.9 Å². The number of aromatic nitrogens is 3. The predicted octanol–water partition coefficient (Wildman–Crippen LogP) is 2.66. The highest BCUT2D eigenvalue weighted by molar-refractivity contribution is 5.31. The van der Waals surface area contributed by atoms with Crippen LogP contribution < -0.4 is 0 Å². The molecule has 4 heteroatoms. The molecule has 0 atom stereocenters. The summed E-state index contributed by atoms with van der Waals surface area (Å²) in [5.41, 5.74) is 6.30. The molecule has 0 aromatic carbocycles. The molecule has 0 N–H and O–H groups in total. The van der Waals surface area contributed by atoms with Crippen LogP contribution >= 0.6 is 0 Å². The molecular weight excluding hydrogens is 272 g/mol. The molecular formula is C18H22N4. The summed E-state index contributed by atoms with van der Waals surface area (Å²) in [5, 5.41) is 0. The fraction of sp³-hybridized carbons (Fsp3) is 0.500. The van der Waals surface area contributed by atoms with Gasteiger partial charge in [0.2, 0.25) is 0 Å². The normalized spacial score (nSPS) is 18.8. The number of nitrogens with zero attached hydrogens (tertiary/aromatic N) is 4. The van der Waals surface area contributed by atoms with E-state index in [-0.39, 0.29) is 0 Å². The van der Waals surface area contributed by atoms with Gasteiger partial charge >= 0.3 is 0 Å². The van der Waals surface area contributed by atoms with Crippen molar-refractivity contribution in [3.63, 3.8) is 0 Å². The number of hydrogen-bond donors (Lipinski definition) is 0. The Balaban J connectivity index is 1.50. The lowest BCUT2D eigenvalue weighted by molar-refractivity contribution is 0.275. The maximum Gasteiger partial charge on any atom is 0.115 e. The van der Waals surface area contributed by atoms with Crippen LogP contribution in [-0.2, 0) is 19.4 Å². The van der Waals surface area contributed by atoms with Gasteiger partial charge in [-0.3, -0.25) is 9.88 Å². The van der Waals surface area contributed by atoms with Crippen molar-refractivity contribution in [1.82, 2.24) is 19.9 Å². The second-order valence-corrected chi connectivity index (χ2v) is 6.50. The predicted molar refractivity (Wildman–Crippen MR) is 85.7 cm³/mol. The third-order valence-corrected chi connectivity index (χ3v) is 4.71. The molecule has 1 aliphatic heterocycles. The Kier molecular flexibility index (Phi) is 3.62. The summed E-state index contributed by atoms with van der Waals surface area (Å²) in [6, 6.07) is 6.28. The maximum atomic E-state index is 4.63. The van der Waals surface area contributed by atoms with Crippen LogP contribution in [0.4, 0.5) is 0 Å². The van der Waals surface area contributed by atoms with Crippen LogP contribution in [-0.4, -0.2) is 32.9 Å². The first-order chi connectivity index (χ1) is 10.8. The van der Waals surface area contributed by atoms with Crippen LogP contribution in [0.3, 0.4) is 0 Å². The lowest BCUT2D eigenvalue weighted by Gasteiger charge is -2.19. The second-order valence-electron chi connectivity index (χ2n) is 6.50. The summed E-state index contributed by atoms with van der Waals surface area (Å²) < 4.78 is 0. The van der Waals surface area contributed by atoms with E-state index in [1.54, 1.807) is 6.33 Å². The summed E-state index contributed by atoms with van der Waals surface area (Å²) in [6.45, 7) is 5.13. The molecule has 114 valence electrons. The van der Waals surface area contributed by atoms with Gasteiger partial charge in [-0.1, -0.05) is 6.07 Å². The zero-order chi connectivity index (χ0) is 14.9. The fourth-order valence-electron chi connectivity index (χ4n) is 3.38. The topological polar surface area (TPSA) is 41.9 Å². The first kappa shape index (κ1) is 13.8. The van der Waals surface area contributed by atoms with Crippen molar-refractivity contribution in [2.45, 2.75) is 45.1 Å². The van der Waals surface area contributed by atoms with Gasteiger partial charge in [0.05, 0.1) is 11.4 Å². The van der Waals surface area contributed by atoms with Crippen LogP contribution in [0.1, 0.15) is 47.1 Å². The van der Waals surface area contributed by atoms with Gasteiger partial charge in [0.1, 0.15) is 6.33 Å². The Bertz CT molecular complexity index is 679. The van der Waals surface area contributed by atoms with Gasteiger partial charge in [0.15, 0.2) is 0 Å². The molecule has 0 radical (unpaired) electrons. The molecule has 2 aliphatic rings. The molecule has 2 aromatic heterocycles. The molecule has 2 aromatic rings. The van der Waals surface area contributed by atoms with E-state index in [4.69, 9.17) is 0 Å². The van der Waals surface area contributed by atoms with Crippen LogP contribution in [0, 0.1) is 6.92 Å². The second kappa shape index (κ2) is 5.76. The van der Waals surface area contributed by atoms with Crippen molar-refractivity contribution in [2.75, 3.05) is 13.1 Å². The Labute approximate surface area is 131 Å². The zero-order valence-corrected chi connectivity index (χ0v) is 13.1. The van der Waals surface area contributed by atoms with Crippen LogP contribution in [0.25, 0.3) is 0 Å². The molecule has 0 unspecified atom stereocenters. The monoisotopic (exact) mass is 294 g/mol. The Morgan fingerprint density at radius 2 is 2.00 bits per heavy atom. The first-order valence-corrected chi connectivity index (χ1v) is 8.27. The third-order valence-electron chi connectivity index (χ3n) is 4.71. The summed E-state index contributed by atoms with van der Waals surface area (Å²) in [5.74, 6) is 0.710. The van der Waals surface area contributed by atoms with Crippen molar-refractivity contribution in [3.05, 3.63) is 52.9 Å². The fourth-order valence-corrected chi connectivity index (χ4v) is 3.38. The highest BCUT2D eigenvalue weighted by atomic mass is 15.1. The summed E-state index contributed by atoms with van der Waals surface area (Å²) in [6.07, 6.45) is 6.49. The number of rotatable bonds is 3. The lowest BCUT2D eigenvalue weighted by atomic mass is 10.0. The quantitative estimate of drug-likeness (QED) is 0.873. The molecule has 0 amide bonds. The molecule has 22 heavy (non-hydrogen) atoms. The number of fused-ring (bicyclic) bond motifs is 1. The maximum absolute atomic E-state index is 4.63. The van der Waals surface area contributed by atoms with E-state index in [2.05, 4.69) is 45.0 Å². The molecule has 0 spiro atoms. The minimum absolute atomic E-state index is 0.710. The van der Waals surface area contributed by atoms with E-state index >= 15 is 0 Å². The van der Waals surface area contributed by atoms with Gasteiger partial charge in [-0.25, -0.2) is 9.97 Å². The summed E-state index contributed by atoms with van der Waals surface area (Å²) in [4.78, 5) is 16.3. The van der Waals surface area contributed by atoms with Crippen molar-refractivity contribution >= 4 is 0 Å². The van der Waals surface area contributed by atoms with E-state index in [0.717, 1.165) is 38.2 Å².